The highest BCUT2D eigenvalue weighted by molar-refractivity contribution is 5.96. The Morgan fingerprint density at radius 3 is 2.16 bits per heavy atom. The van der Waals surface area contributed by atoms with Crippen LogP contribution < -0.4 is 4.74 Å². The van der Waals surface area contributed by atoms with Gasteiger partial charge in [0.15, 0.2) is 5.78 Å². The van der Waals surface area contributed by atoms with E-state index in [0.29, 0.717) is 13.0 Å². The molecule has 0 saturated heterocycles. The number of Topliss-reactive ketones (excluding diaryl/α,β-unsaturated/α-hetero) is 1. The Morgan fingerprint density at radius 1 is 1.00 bits per heavy atom. The predicted molar refractivity (Wildman–Crippen MR) is 109 cm³/mol. The van der Waals surface area contributed by atoms with Gasteiger partial charge in [-0.15, -0.1) is 12.4 Å². The fourth-order valence-electron chi connectivity index (χ4n) is 2.83. The van der Waals surface area contributed by atoms with Crippen molar-refractivity contribution >= 4 is 18.2 Å². The van der Waals surface area contributed by atoms with Crippen molar-refractivity contribution in [2.45, 2.75) is 66.2 Å². The van der Waals surface area contributed by atoms with Gasteiger partial charge in [0.1, 0.15) is 5.75 Å². The number of ketones is 1. The highest BCUT2D eigenvalue weighted by Gasteiger charge is 2.12. The van der Waals surface area contributed by atoms with Gasteiger partial charge in [-0.25, -0.2) is 0 Å². The van der Waals surface area contributed by atoms with Crippen LogP contribution in [-0.4, -0.2) is 36.9 Å². The molecule has 0 fully saturated rings. The fraction of sp³-hybridized carbons (Fsp3) is 0.667. The lowest BCUT2D eigenvalue weighted by molar-refractivity contribution is 0.0963. The molecule has 0 radical (unpaired) electrons. The lowest BCUT2D eigenvalue weighted by Crippen LogP contribution is -2.28. The predicted octanol–water partition coefficient (Wildman–Crippen LogP) is 5.54. The van der Waals surface area contributed by atoms with Crippen LogP contribution in [0.4, 0.5) is 0 Å². The van der Waals surface area contributed by atoms with E-state index in [1.165, 1.54) is 25.7 Å². The number of ether oxygens (including phenoxy) is 1. The van der Waals surface area contributed by atoms with E-state index >= 15 is 0 Å². The average Bonchev–Trinajstić information content (AvgIpc) is 2.61. The van der Waals surface area contributed by atoms with Crippen LogP contribution in [0, 0.1) is 0 Å². The van der Waals surface area contributed by atoms with E-state index in [9.17, 15) is 4.79 Å². The Labute approximate surface area is 160 Å². The molecule has 1 aromatic rings. The molecule has 0 unspecified atom stereocenters. The van der Waals surface area contributed by atoms with Crippen LogP contribution >= 0.6 is 12.4 Å². The highest BCUT2D eigenvalue weighted by atomic mass is 35.5. The van der Waals surface area contributed by atoms with Crippen molar-refractivity contribution in [3.63, 3.8) is 0 Å². The van der Waals surface area contributed by atoms with E-state index in [1.54, 1.807) is 0 Å². The van der Waals surface area contributed by atoms with Crippen molar-refractivity contribution in [3.05, 3.63) is 29.3 Å². The number of benzene rings is 1. The van der Waals surface area contributed by atoms with E-state index in [4.69, 9.17) is 4.74 Å². The maximum Gasteiger partial charge on any atom is 0.164 e. The number of unbranched alkanes of at least 4 members (excludes halogenated alkanes) is 2. The molecule has 144 valence electrons. The molecule has 0 spiro atoms. The molecule has 0 bridgehead atoms. The second kappa shape index (κ2) is 14.1. The summed E-state index contributed by atoms with van der Waals surface area (Å²) in [6, 6.07) is 5.87. The minimum Gasteiger partial charge on any atom is -0.494 e. The monoisotopic (exact) mass is 369 g/mol. The lowest BCUT2D eigenvalue weighted by atomic mass is 10.0. The molecule has 1 aromatic carbocycles. The summed E-state index contributed by atoms with van der Waals surface area (Å²) in [5.74, 6) is 1.15. The molecule has 0 heterocycles. The van der Waals surface area contributed by atoms with Crippen LogP contribution in [0.1, 0.15) is 75.7 Å². The maximum atomic E-state index is 12.6. The highest BCUT2D eigenvalue weighted by Crippen LogP contribution is 2.21. The first kappa shape index (κ1) is 23.9. The molecule has 0 aromatic heterocycles. The molecule has 4 heteroatoms. The number of halogens is 1. The molecule has 1 rings (SSSR count). The second-order valence-electron chi connectivity index (χ2n) is 6.33. The van der Waals surface area contributed by atoms with Gasteiger partial charge in [-0.1, -0.05) is 33.6 Å². The Hall–Kier alpha value is -1.06. The van der Waals surface area contributed by atoms with Gasteiger partial charge in [0.2, 0.25) is 0 Å². The first-order valence-corrected chi connectivity index (χ1v) is 9.67. The molecule has 3 nitrogen and oxygen atoms in total. The van der Waals surface area contributed by atoms with Gasteiger partial charge in [0.05, 0.1) is 6.61 Å². The number of carbonyl (C=O) groups excluding carboxylic acids is 1. The molecule has 0 aliphatic rings. The SMILES string of the molecule is CCCCN(CCCC)CCC(=O)c1ccc(OCC)c(CC)c1.Cl. The van der Waals surface area contributed by atoms with Gasteiger partial charge in [-0.3, -0.25) is 4.79 Å². The van der Waals surface area contributed by atoms with E-state index < -0.39 is 0 Å². The standard InChI is InChI=1S/C21H35NO2.ClH/c1-5-9-14-22(15-10-6-2)16-13-20(23)19-11-12-21(24-8-4)18(7-3)17-19;/h11-12,17H,5-10,13-16H2,1-4H3;1H. The van der Waals surface area contributed by atoms with Crippen LogP contribution in [0.3, 0.4) is 0 Å². The Bertz CT molecular complexity index is 483. The van der Waals surface area contributed by atoms with Gasteiger partial charge in [0.25, 0.3) is 0 Å². The lowest BCUT2D eigenvalue weighted by Gasteiger charge is -2.21. The van der Waals surface area contributed by atoms with Gasteiger partial charge in [-0.2, -0.15) is 0 Å². The third-order valence-corrected chi connectivity index (χ3v) is 4.37. The fourth-order valence-corrected chi connectivity index (χ4v) is 2.83. The molecule has 0 N–H and O–H groups in total. The molecular weight excluding hydrogens is 334 g/mol. The van der Waals surface area contributed by atoms with Crippen molar-refractivity contribution in [1.29, 1.82) is 0 Å². The van der Waals surface area contributed by atoms with E-state index in [1.807, 2.05) is 25.1 Å². The zero-order valence-electron chi connectivity index (χ0n) is 16.5. The van der Waals surface area contributed by atoms with E-state index in [0.717, 1.165) is 42.9 Å². The first-order chi connectivity index (χ1) is 11.7. The quantitative estimate of drug-likeness (QED) is 0.427. The Kier molecular flexibility index (Phi) is 13.5. The summed E-state index contributed by atoms with van der Waals surface area (Å²) in [6.45, 7) is 12.3. The number of nitrogens with zero attached hydrogens (tertiary/aromatic N) is 1. The minimum absolute atomic E-state index is 0. The van der Waals surface area contributed by atoms with Gasteiger partial charge in [0, 0.05) is 18.5 Å². The van der Waals surface area contributed by atoms with Crippen molar-refractivity contribution in [1.82, 2.24) is 4.90 Å². The molecule has 25 heavy (non-hydrogen) atoms. The molecule has 0 amide bonds. The van der Waals surface area contributed by atoms with Gasteiger partial charge in [-0.05, 0) is 63.0 Å². The number of aryl methyl sites for hydroxylation is 1. The van der Waals surface area contributed by atoms with Crippen LogP contribution in [0.15, 0.2) is 18.2 Å². The van der Waals surface area contributed by atoms with Crippen molar-refractivity contribution in [2.75, 3.05) is 26.2 Å². The Balaban J connectivity index is 0.00000576. The van der Waals surface area contributed by atoms with Crippen molar-refractivity contribution in [3.8, 4) is 5.75 Å². The number of rotatable bonds is 13. The number of carbonyl (C=O) groups is 1. The molecule has 0 aliphatic heterocycles. The minimum atomic E-state index is 0. The third-order valence-electron chi connectivity index (χ3n) is 4.37. The molecule has 0 aliphatic carbocycles. The molecular formula is C21H36ClNO2. The summed E-state index contributed by atoms with van der Waals surface area (Å²) in [6.07, 6.45) is 6.31. The third kappa shape index (κ3) is 8.73. The van der Waals surface area contributed by atoms with Gasteiger partial charge < -0.3 is 9.64 Å². The topological polar surface area (TPSA) is 29.5 Å². The normalized spacial score (nSPS) is 10.6. The van der Waals surface area contributed by atoms with E-state index in [2.05, 4.69) is 25.7 Å². The largest absolute Gasteiger partial charge is 0.494 e. The van der Waals surface area contributed by atoms with Crippen molar-refractivity contribution < 1.29 is 9.53 Å². The summed E-state index contributed by atoms with van der Waals surface area (Å²) >= 11 is 0. The summed E-state index contributed by atoms with van der Waals surface area (Å²) < 4.78 is 5.63. The number of hydrogen-bond donors (Lipinski definition) is 0. The van der Waals surface area contributed by atoms with Crippen LogP contribution in [0.25, 0.3) is 0 Å². The summed E-state index contributed by atoms with van der Waals surface area (Å²) in [5, 5.41) is 0. The Morgan fingerprint density at radius 2 is 1.64 bits per heavy atom. The first-order valence-electron chi connectivity index (χ1n) is 9.67. The number of hydrogen-bond acceptors (Lipinski definition) is 3. The smallest absolute Gasteiger partial charge is 0.164 e. The maximum absolute atomic E-state index is 12.6. The molecule has 0 saturated carbocycles. The van der Waals surface area contributed by atoms with Crippen LogP contribution in [0.2, 0.25) is 0 Å². The zero-order valence-corrected chi connectivity index (χ0v) is 17.3. The summed E-state index contributed by atoms with van der Waals surface area (Å²) in [7, 11) is 0. The van der Waals surface area contributed by atoms with Crippen LogP contribution in [0.5, 0.6) is 5.75 Å². The average molecular weight is 370 g/mol. The second-order valence-corrected chi connectivity index (χ2v) is 6.33. The van der Waals surface area contributed by atoms with Gasteiger partial charge >= 0.3 is 0 Å². The summed E-state index contributed by atoms with van der Waals surface area (Å²) in [5.41, 5.74) is 1.94. The van der Waals surface area contributed by atoms with E-state index in [-0.39, 0.29) is 18.2 Å². The zero-order chi connectivity index (χ0) is 17.8. The van der Waals surface area contributed by atoms with Crippen LogP contribution in [-0.2, 0) is 6.42 Å². The summed E-state index contributed by atoms with van der Waals surface area (Å²) in [4.78, 5) is 15.0. The molecule has 0 atom stereocenters. The van der Waals surface area contributed by atoms with Crippen molar-refractivity contribution in [2.24, 2.45) is 0 Å².